The zero-order chi connectivity index (χ0) is 17.7. The van der Waals surface area contributed by atoms with Gasteiger partial charge in [-0.05, 0) is 34.8 Å². The van der Waals surface area contributed by atoms with Crippen LogP contribution in [0, 0.1) is 0 Å². The number of halogens is 14. The van der Waals surface area contributed by atoms with Gasteiger partial charge in [-0.1, -0.05) is 34.8 Å². The fourth-order valence-corrected chi connectivity index (χ4v) is 1.70. The van der Waals surface area contributed by atoms with E-state index in [1.807, 2.05) is 0 Å². The maximum absolute atomic E-state index is 13.4. The van der Waals surface area contributed by atoms with Gasteiger partial charge >= 0.3 is 27.1 Å². The average Bonchev–Trinajstić information content (AvgIpc) is 2.11. The summed E-state index contributed by atoms with van der Waals surface area (Å²) in [7, 11) is 0. The van der Waals surface area contributed by atoms with Crippen LogP contribution in [0.2, 0.25) is 0 Å². The van der Waals surface area contributed by atoms with E-state index in [0.717, 1.165) is 0 Å². The Morgan fingerprint density at radius 1 is 0.571 bits per heavy atom. The summed E-state index contributed by atoms with van der Waals surface area (Å²) >= 11 is 25.7. The predicted octanol–water partition coefficient (Wildman–Crippen LogP) is 6.20. The SMILES string of the molecule is FC(F)(Cl)C(F)(Cl)OC(Cl)(Cl)C(F)(F)C(F)(Cl)C(F)(F)Cl. The molecule has 128 valence electrons. The molecular weight excluding hydrogens is 453 g/mol. The molecule has 0 aliphatic carbocycles. The topological polar surface area (TPSA) is 9.23 Å². The standard InChI is InChI=1S/C6Cl6F8O/c7-1(13,4(10,16)17)2(14,15)3(8,9)21-6(12,20)5(11,18)19. The van der Waals surface area contributed by atoms with E-state index in [4.69, 9.17) is 0 Å². The summed E-state index contributed by atoms with van der Waals surface area (Å²) in [5.41, 5.74) is 0. The lowest BCUT2D eigenvalue weighted by molar-refractivity contribution is -0.278. The minimum atomic E-state index is -5.94. The molecule has 0 fully saturated rings. The van der Waals surface area contributed by atoms with Crippen LogP contribution in [0.3, 0.4) is 0 Å². The van der Waals surface area contributed by atoms with Crippen molar-refractivity contribution < 1.29 is 39.9 Å². The molecule has 0 aliphatic heterocycles. The lowest BCUT2D eigenvalue weighted by atomic mass is 10.2. The van der Waals surface area contributed by atoms with Gasteiger partial charge < -0.3 is 0 Å². The van der Waals surface area contributed by atoms with Crippen molar-refractivity contribution >= 4 is 69.6 Å². The highest BCUT2D eigenvalue weighted by atomic mass is 35.5. The largest absolute Gasteiger partial charge is 0.394 e. The van der Waals surface area contributed by atoms with Crippen LogP contribution in [0.1, 0.15) is 0 Å². The Kier molecular flexibility index (Phi) is 6.21. The maximum atomic E-state index is 13.4. The molecule has 2 atom stereocenters. The van der Waals surface area contributed by atoms with Gasteiger partial charge in [0.1, 0.15) is 0 Å². The minimum absolute atomic E-state index is 3.02. The summed E-state index contributed by atoms with van der Waals surface area (Å²) in [5, 5.41) is -21.3. The zero-order valence-corrected chi connectivity index (χ0v) is 13.2. The lowest BCUT2D eigenvalue weighted by Gasteiger charge is -2.39. The Balaban J connectivity index is 5.71. The van der Waals surface area contributed by atoms with Crippen molar-refractivity contribution in [1.82, 2.24) is 0 Å². The molecule has 0 saturated heterocycles. The lowest BCUT2D eigenvalue weighted by Crippen LogP contribution is -2.62. The second kappa shape index (κ2) is 5.89. The van der Waals surface area contributed by atoms with E-state index in [1.54, 1.807) is 0 Å². The molecule has 0 rings (SSSR count). The van der Waals surface area contributed by atoms with Gasteiger partial charge in [0.15, 0.2) is 0 Å². The van der Waals surface area contributed by atoms with Crippen molar-refractivity contribution in [3.8, 4) is 0 Å². The second-order valence-electron chi connectivity index (χ2n) is 3.28. The fourth-order valence-electron chi connectivity index (χ4n) is 0.644. The van der Waals surface area contributed by atoms with Gasteiger partial charge in [-0.2, -0.15) is 30.7 Å². The third-order valence-corrected chi connectivity index (χ3v) is 3.82. The molecule has 15 heteroatoms. The van der Waals surface area contributed by atoms with Crippen LogP contribution in [0.5, 0.6) is 0 Å². The van der Waals surface area contributed by atoms with Crippen molar-refractivity contribution in [3.63, 3.8) is 0 Å². The van der Waals surface area contributed by atoms with E-state index in [0.29, 0.717) is 0 Å². The number of ether oxygens (including phenoxy) is 1. The van der Waals surface area contributed by atoms with Gasteiger partial charge in [-0.15, -0.1) is 0 Å². The van der Waals surface area contributed by atoms with Crippen molar-refractivity contribution in [2.24, 2.45) is 0 Å². The van der Waals surface area contributed by atoms with Gasteiger partial charge in [-0.3, -0.25) is 4.74 Å². The third-order valence-electron chi connectivity index (χ3n) is 1.70. The average molecular weight is 453 g/mol. The van der Waals surface area contributed by atoms with E-state index in [1.165, 1.54) is 0 Å². The van der Waals surface area contributed by atoms with Gasteiger partial charge in [0.2, 0.25) is 0 Å². The van der Waals surface area contributed by atoms with Crippen LogP contribution in [0.25, 0.3) is 0 Å². The molecule has 0 spiro atoms. The van der Waals surface area contributed by atoms with Crippen LogP contribution >= 0.6 is 69.6 Å². The zero-order valence-electron chi connectivity index (χ0n) is 8.70. The molecule has 0 N–H and O–H groups in total. The molecule has 1 nitrogen and oxygen atoms in total. The van der Waals surface area contributed by atoms with Crippen LogP contribution < -0.4 is 0 Å². The normalized spacial score (nSPS) is 20.9. The number of alkyl halides is 14. The van der Waals surface area contributed by atoms with Gasteiger partial charge in [-0.25, -0.2) is 4.39 Å². The number of rotatable bonds is 6. The first kappa shape index (κ1) is 22.1. The molecule has 0 bridgehead atoms. The second-order valence-corrected chi connectivity index (χ2v) is 6.49. The molecule has 0 amide bonds. The highest BCUT2D eigenvalue weighted by molar-refractivity contribution is 6.49. The Labute approximate surface area is 141 Å². The Morgan fingerprint density at radius 3 is 1.14 bits per heavy atom. The fraction of sp³-hybridized carbons (Fsp3) is 1.00. The molecule has 21 heavy (non-hydrogen) atoms. The molecule has 2 unspecified atom stereocenters. The van der Waals surface area contributed by atoms with E-state index in [-0.39, 0.29) is 0 Å². The Bertz CT molecular complexity index is 388. The Hall–Kier alpha value is 1.14. The minimum Gasteiger partial charge on any atom is -0.285 e. The first-order valence-electron chi connectivity index (χ1n) is 4.05. The van der Waals surface area contributed by atoms with Gasteiger partial charge in [0.05, 0.1) is 0 Å². The summed E-state index contributed by atoms with van der Waals surface area (Å²) < 4.78 is 101. The molecule has 0 aliphatic rings. The predicted molar refractivity (Wildman–Crippen MR) is 61.5 cm³/mol. The van der Waals surface area contributed by atoms with E-state index >= 15 is 0 Å². The van der Waals surface area contributed by atoms with Crippen molar-refractivity contribution in [1.29, 1.82) is 0 Å². The van der Waals surface area contributed by atoms with Crippen molar-refractivity contribution in [2.45, 2.75) is 31.6 Å². The maximum Gasteiger partial charge on any atom is 0.394 e. The molecule has 0 aromatic heterocycles. The third kappa shape index (κ3) is 4.16. The number of hydrogen-bond donors (Lipinski definition) is 0. The smallest absolute Gasteiger partial charge is 0.285 e. The summed E-state index contributed by atoms with van der Waals surface area (Å²) in [5.74, 6) is -5.94. The molecule has 0 aromatic carbocycles. The van der Waals surface area contributed by atoms with Crippen molar-refractivity contribution in [3.05, 3.63) is 0 Å². The molecule has 0 heterocycles. The first-order valence-corrected chi connectivity index (χ1v) is 6.32. The molecular formula is C6Cl6F8O. The summed E-state index contributed by atoms with van der Waals surface area (Å²) in [4.78, 5) is 0. The van der Waals surface area contributed by atoms with Crippen LogP contribution in [0.4, 0.5) is 35.1 Å². The van der Waals surface area contributed by atoms with E-state index in [9.17, 15) is 35.1 Å². The summed E-state index contributed by atoms with van der Waals surface area (Å²) in [6.45, 7) is 0. The molecule has 0 radical (unpaired) electrons. The summed E-state index contributed by atoms with van der Waals surface area (Å²) in [6.07, 6.45) is 0. The van der Waals surface area contributed by atoms with Crippen LogP contribution in [0.15, 0.2) is 0 Å². The first-order chi connectivity index (χ1) is 8.71. The number of hydrogen-bond acceptors (Lipinski definition) is 1. The van der Waals surface area contributed by atoms with Gasteiger partial charge in [0.25, 0.3) is 4.52 Å². The van der Waals surface area contributed by atoms with Gasteiger partial charge in [0, 0.05) is 0 Å². The van der Waals surface area contributed by atoms with E-state index < -0.39 is 31.6 Å². The van der Waals surface area contributed by atoms with Crippen LogP contribution in [-0.2, 0) is 4.74 Å². The monoisotopic (exact) mass is 450 g/mol. The molecule has 0 saturated carbocycles. The van der Waals surface area contributed by atoms with Crippen LogP contribution in [-0.4, -0.2) is 31.6 Å². The quantitative estimate of drug-likeness (QED) is 0.344. The van der Waals surface area contributed by atoms with Crippen molar-refractivity contribution in [2.75, 3.05) is 0 Å². The highest BCUT2D eigenvalue weighted by Crippen LogP contribution is 2.59. The van der Waals surface area contributed by atoms with E-state index in [2.05, 4.69) is 74.3 Å². The molecule has 0 aromatic rings. The Morgan fingerprint density at radius 2 is 0.905 bits per heavy atom. The highest BCUT2D eigenvalue weighted by Gasteiger charge is 2.79. The summed E-state index contributed by atoms with van der Waals surface area (Å²) in [6, 6.07) is 0.